The molecule has 1 aliphatic rings. The average molecular weight is 622 g/mol. The smallest absolute Gasteiger partial charge is 0.244 e. The van der Waals surface area contributed by atoms with E-state index >= 15 is 0 Å². The van der Waals surface area contributed by atoms with Crippen LogP contribution in [0, 0.1) is 5.82 Å². The summed E-state index contributed by atoms with van der Waals surface area (Å²) in [5.41, 5.74) is 3.10. The van der Waals surface area contributed by atoms with Crippen LogP contribution in [0.4, 0.5) is 15.8 Å². The zero-order valence-electron chi connectivity index (χ0n) is 22.5. The lowest BCUT2D eigenvalue weighted by molar-refractivity contribution is -0.117. The number of H-pyrrole nitrogens is 1. The second kappa shape index (κ2) is 13.0. The monoisotopic (exact) mass is 621 g/mol. The summed E-state index contributed by atoms with van der Waals surface area (Å²) >= 11 is 12.8. The summed E-state index contributed by atoms with van der Waals surface area (Å²) in [5, 5.41) is 11.0. The lowest BCUT2D eigenvalue weighted by Gasteiger charge is -2.17. The number of nitrogens with one attached hydrogen (secondary N) is 3. The maximum absolute atomic E-state index is 14.6. The molecule has 0 aliphatic carbocycles. The lowest BCUT2D eigenvalue weighted by atomic mass is 10.1. The molecule has 3 heterocycles. The largest absolute Gasteiger partial charge is 0.342 e. The zero-order valence-corrected chi connectivity index (χ0v) is 24.0. The number of para-hydroxylation sites is 1. The number of aromatic amines is 1. The fourth-order valence-corrected chi connectivity index (χ4v) is 5.03. The third-order valence-corrected chi connectivity index (χ3v) is 7.14. The molecule has 11 nitrogen and oxygen atoms in total. The van der Waals surface area contributed by atoms with Crippen molar-refractivity contribution in [1.29, 1.82) is 0 Å². The molecular formula is C29H26Cl2FN9O2. The van der Waals surface area contributed by atoms with Crippen molar-refractivity contribution in [2.75, 3.05) is 10.3 Å². The summed E-state index contributed by atoms with van der Waals surface area (Å²) in [6.07, 6.45) is 4.31. The zero-order chi connectivity index (χ0) is 30.5. The molecule has 43 heavy (non-hydrogen) atoms. The Morgan fingerprint density at radius 3 is 2.77 bits per heavy atom. The molecule has 2 aromatic heterocycles. The van der Waals surface area contributed by atoms with Crippen LogP contribution in [0.3, 0.4) is 0 Å². The van der Waals surface area contributed by atoms with Gasteiger partial charge in [0.2, 0.25) is 11.8 Å². The molecule has 14 heteroatoms. The molecule has 5 rings (SSSR count). The van der Waals surface area contributed by atoms with E-state index < -0.39 is 17.8 Å². The normalized spacial score (nSPS) is 15.2. The number of nitrogens with zero attached hydrogens (tertiary/aromatic N) is 4. The number of hydrazone groups is 1. The van der Waals surface area contributed by atoms with Crippen LogP contribution >= 0.6 is 23.2 Å². The van der Waals surface area contributed by atoms with E-state index in [1.807, 2.05) is 0 Å². The summed E-state index contributed by atoms with van der Waals surface area (Å²) < 4.78 is 14.6. The number of aromatic nitrogens is 3. The number of carbonyl (C=O) groups excluding carboxylic acids is 2. The molecule has 0 saturated heterocycles. The number of carbonyl (C=O) groups is 2. The number of hydrazine groups is 1. The van der Waals surface area contributed by atoms with E-state index in [4.69, 9.17) is 39.9 Å². The summed E-state index contributed by atoms with van der Waals surface area (Å²) in [7, 11) is 0. The molecule has 0 spiro atoms. The third kappa shape index (κ3) is 7.00. The Morgan fingerprint density at radius 2 is 1.95 bits per heavy atom. The number of hydrogen-bond acceptors (Lipinski definition) is 7. The number of fused-ring (bicyclic) bond motifs is 6. The molecule has 2 aromatic carbocycles. The first kappa shape index (κ1) is 29.7. The van der Waals surface area contributed by atoms with Crippen LogP contribution in [-0.4, -0.2) is 33.1 Å². The molecule has 220 valence electrons. The van der Waals surface area contributed by atoms with Crippen molar-refractivity contribution in [1.82, 2.24) is 20.3 Å². The van der Waals surface area contributed by atoms with Gasteiger partial charge in [-0.15, -0.1) is 0 Å². The molecule has 1 unspecified atom stereocenters. The standard InChI is InChI=1S/C29H26Cl2FN9O2/c30-17-6-10-24(41(34)15-35-33)16(13-17)5-11-25(42)38-23-14-18-7-8-20(32)22(36-18)9-12-26(43)37-21-4-2-1-3-19(21)27-28(31)40-29(23)39-27/h1-8,10-11,13,15,23H,9,12,14,33-34H2,(H,37,43)(H,38,42)(H,39,40)/b11-5+,35-15-. The Kier molecular flexibility index (Phi) is 9.00. The summed E-state index contributed by atoms with van der Waals surface area (Å²) in [6, 6.07) is 14.0. The Morgan fingerprint density at radius 1 is 1.14 bits per heavy atom. The fraction of sp³-hybridized carbons (Fsp3) is 0.138. The number of aryl methyl sites for hydroxylation is 1. The van der Waals surface area contributed by atoms with Crippen molar-refractivity contribution in [3.63, 3.8) is 0 Å². The van der Waals surface area contributed by atoms with Gasteiger partial charge in [-0.3, -0.25) is 19.6 Å². The van der Waals surface area contributed by atoms with Gasteiger partial charge in [0.15, 0.2) is 0 Å². The molecule has 1 atom stereocenters. The van der Waals surface area contributed by atoms with Crippen molar-refractivity contribution in [2.45, 2.75) is 25.3 Å². The number of imidazole rings is 1. The maximum atomic E-state index is 14.6. The number of halogens is 3. The number of nitrogens with two attached hydrogens (primary N) is 2. The second-order valence-corrected chi connectivity index (χ2v) is 10.4. The van der Waals surface area contributed by atoms with E-state index in [-0.39, 0.29) is 36.0 Å². The van der Waals surface area contributed by atoms with Crippen molar-refractivity contribution in [3.8, 4) is 11.3 Å². The topological polar surface area (TPSA) is 167 Å². The number of anilines is 2. The molecular weight excluding hydrogens is 596 g/mol. The first-order valence-corrected chi connectivity index (χ1v) is 13.8. The summed E-state index contributed by atoms with van der Waals surface area (Å²) in [4.78, 5) is 38.1. The Balaban J connectivity index is 1.51. The lowest BCUT2D eigenvalue weighted by Crippen LogP contribution is -2.30. The SMILES string of the molecule is N/N=C\N(N)c1ccc(Cl)cc1/C=C/C(=O)NC1Cc2ccc(F)c(n2)CCC(=O)Nc2ccccc2-c2nc1[nH]c2Cl. The van der Waals surface area contributed by atoms with Gasteiger partial charge in [0.05, 0.1) is 23.1 Å². The van der Waals surface area contributed by atoms with Crippen LogP contribution in [0.5, 0.6) is 0 Å². The van der Waals surface area contributed by atoms with Gasteiger partial charge in [-0.05, 0) is 42.5 Å². The first-order chi connectivity index (χ1) is 20.7. The molecule has 7 N–H and O–H groups in total. The van der Waals surface area contributed by atoms with Crippen LogP contribution in [0.2, 0.25) is 10.2 Å². The average Bonchev–Trinajstić information content (AvgIpc) is 3.37. The number of rotatable bonds is 5. The number of amides is 2. The van der Waals surface area contributed by atoms with E-state index in [0.717, 1.165) is 0 Å². The van der Waals surface area contributed by atoms with Crippen molar-refractivity contribution in [3.05, 3.63) is 99.4 Å². The van der Waals surface area contributed by atoms with Crippen molar-refractivity contribution in [2.24, 2.45) is 16.8 Å². The molecule has 0 saturated carbocycles. The van der Waals surface area contributed by atoms with Crippen molar-refractivity contribution < 1.29 is 14.0 Å². The molecule has 2 amide bonds. The minimum absolute atomic E-state index is 0.00900. The second-order valence-electron chi connectivity index (χ2n) is 9.58. The minimum atomic E-state index is -0.742. The predicted molar refractivity (Wildman–Crippen MR) is 165 cm³/mol. The van der Waals surface area contributed by atoms with E-state index in [1.54, 1.807) is 42.5 Å². The summed E-state index contributed by atoms with van der Waals surface area (Å²) in [5.74, 6) is 10.2. The highest BCUT2D eigenvalue weighted by molar-refractivity contribution is 6.32. The van der Waals surface area contributed by atoms with Crippen LogP contribution in [0.1, 0.15) is 35.2 Å². The van der Waals surface area contributed by atoms with Gasteiger partial charge >= 0.3 is 0 Å². The van der Waals surface area contributed by atoms with E-state index in [1.165, 1.54) is 35.6 Å². The van der Waals surface area contributed by atoms with Crippen LogP contribution < -0.4 is 27.3 Å². The third-order valence-electron chi connectivity index (χ3n) is 6.63. The number of benzene rings is 2. The molecule has 1 aliphatic heterocycles. The first-order valence-electron chi connectivity index (χ1n) is 13.1. The Hall–Kier alpha value is -4.78. The minimum Gasteiger partial charge on any atom is -0.342 e. The highest BCUT2D eigenvalue weighted by atomic mass is 35.5. The van der Waals surface area contributed by atoms with Gasteiger partial charge in [0, 0.05) is 47.2 Å². The van der Waals surface area contributed by atoms with Crippen LogP contribution in [-0.2, 0) is 22.4 Å². The molecule has 0 radical (unpaired) electrons. The van der Waals surface area contributed by atoms with E-state index in [9.17, 15) is 14.0 Å². The highest BCUT2D eigenvalue weighted by Gasteiger charge is 2.24. The molecule has 4 aromatic rings. The van der Waals surface area contributed by atoms with Gasteiger partial charge in [0.1, 0.15) is 28.8 Å². The fourth-order valence-electron chi connectivity index (χ4n) is 4.61. The van der Waals surface area contributed by atoms with Gasteiger partial charge in [-0.2, -0.15) is 5.10 Å². The predicted octanol–water partition coefficient (Wildman–Crippen LogP) is 4.50. The van der Waals surface area contributed by atoms with Gasteiger partial charge in [-0.1, -0.05) is 41.4 Å². The van der Waals surface area contributed by atoms with Gasteiger partial charge in [-0.25, -0.2) is 15.2 Å². The molecule has 0 fully saturated rings. The molecule has 4 bridgehead atoms. The van der Waals surface area contributed by atoms with Crippen LogP contribution in [0.15, 0.2) is 65.8 Å². The van der Waals surface area contributed by atoms with Crippen molar-refractivity contribution >= 4 is 58.8 Å². The Bertz CT molecular complexity index is 1740. The highest BCUT2D eigenvalue weighted by Crippen LogP contribution is 2.34. The maximum Gasteiger partial charge on any atom is 0.244 e. The van der Waals surface area contributed by atoms with Gasteiger partial charge < -0.3 is 21.5 Å². The quantitative estimate of drug-likeness (QED) is 0.0718. The van der Waals surface area contributed by atoms with Crippen LogP contribution in [0.25, 0.3) is 17.3 Å². The van der Waals surface area contributed by atoms with E-state index in [0.29, 0.717) is 44.7 Å². The summed E-state index contributed by atoms with van der Waals surface area (Å²) in [6.45, 7) is 0. The number of hydrogen-bond donors (Lipinski definition) is 5. The van der Waals surface area contributed by atoms with Gasteiger partial charge in [0.25, 0.3) is 0 Å². The Labute approximate surface area is 255 Å². The number of pyridine rings is 1. The van der Waals surface area contributed by atoms with E-state index in [2.05, 4.69) is 25.7 Å².